The summed E-state index contributed by atoms with van der Waals surface area (Å²) in [5, 5.41) is 0.838. The summed E-state index contributed by atoms with van der Waals surface area (Å²) >= 11 is 4.74. The monoisotopic (exact) mass is 255 g/mol. The standard InChI is InChI=1S/C8H6BrN3S/c9-6-4-2-1-3-5(6)7-11-8(10)12-13-7/h1-4H,(H2,10,12). The number of hydrogen-bond acceptors (Lipinski definition) is 4. The topological polar surface area (TPSA) is 51.8 Å². The lowest BCUT2D eigenvalue weighted by Crippen LogP contribution is -1.85. The van der Waals surface area contributed by atoms with Crippen molar-refractivity contribution in [3.8, 4) is 10.6 Å². The minimum atomic E-state index is 0.329. The SMILES string of the molecule is Nc1nsc(-c2ccccc2Br)n1. The van der Waals surface area contributed by atoms with E-state index in [1.54, 1.807) is 0 Å². The predicted molar refractivity (Wildman–Crippen MR) is 57.5 cm³/mol. The molecule has 1 heterocycles. The van der Waals surface area contributed by atoms with Crippen LogP contribution in [0.3, 0.4) is 0 Å². The van der Waals surface area contributed by atoms with Crippen LogP contribution >= 0.6 is 27.5 Å². The molecule has 0 aliphatic rings. The van der Waals surface area contributed by atoms with E-state index in [0.29, 0.717) is 5.95 Å². The average molecular weight is 256 g/mol. The van der Waals surface area contributed by atoms with Crippen molar-refractivity contribution >= 4 is 33.4 Å². The van der Waals surface area contributed by atoms with Crippen LogP contribution in [0, 0.1) is 0 Å². The molecule has 1 aromatic carbocycles. The van der Waals surface area contributed by atoms with Gasteiger partial charge in [-0.1, -0.05) is 34.1 Å². The second-order valence-corrected chi connectivity index (χ2v) is 4.04. The maximum atomic E-state index is 5.44. The molecule has 0 saturated carbocycles. The highest BCUT2D eigenvalue weighted by Gasteiger charge is 2.06. The first kappa shape index (κ1) is 8.65. The van der Waals surface area contributed by atoms with Crippen molar-refractivity contribution in [3.05, 3.63) is 28.7 Å². The number of anilines is 1. The third kappa shape index (κ3) is 1.71. The van der Waals surface area contributed by atoms with Gasteiger partial charge in [0.05, 0.1) is 0 Å². The maximum Gasteiger partial charge on any atom is 0.232 e. The highest BCUT2D eigenvalue weighted by molar-refractivity contribution is 9.10. The molecule has 0 bridgehead atoms. The van der Waals surface area contributed by atoms with Gasteiger partial charge >= 0.3 is 0 Å². The molecule has 0 atom stereocenters. The minimum Gasteiger partial charge on any atom is -0.367 e. The van der Waals surface area contributed by atoms with E-state index in [9.17, 15) is 0 Å². The molecule has 3 nitrogen and oxygen atoms in total. The Balaban J connectivity index is 2.52. The van der Waals surface area contributed by atoms with E-state index in [0.717, 1.165) is 15.0 Å². The molecule has 0 unspecified atom stereocenters. The molecule has 0 aliphatic heterocycles. The number of halogens is 1. The van der Waals surface area contributed by atoms with Crippen LogP contribution in [0.15, 0.2) is 28.7 Å². The van der Waals surface area contributed by atoms with Gasteiger partial charge in [-0.2, -0.15) is 9.36 Å². The van der Waals surface area contributed by atoms with E-state index in [4.69, 9.17) is 5.73 Å². The highest BCUT2D eigenvalue weighted by Crippen LogP contribution is 2.29. The third-order valence-corrected chi connectivity index (χ3v) is 3.00. The largest absolute Gasteiger partial charge is 0.367 e. The van der Waals surface area contributed by atoms with E-state index in [1.165, 1.54) is 11.5 Å². The first-order valence-electron chi connectivity index (χ1n) is 3.61. The summed E-state index contributed by atoms with van der Waals surface area (Å²) in [5.41, 5.74) is 6.46. The van der Waals surface area contributed by atoms with Gasteiger partial charge in [-0.3, -0.25) is 0 Å². The first-order valence-corrected chi connectivity index (χ1v) is 5.18. The fraction of sp³-hybridized carbons (Fsp3) is 0. The minimum absolute atomic E-state index is 0.329. The summed E-state index contributed by atoms with van der Waals surface area (Å²) in [6.45, 7) is 0. The number of aromatic nitrogens is 2. The van der Waals surface area contributed by atoms with Crippen molar-refractivity contribution in [3.63, 3.8) is 0 Å². The fourth-order valence-electron chi connectivity index (χ4n) is 0.979. The molecule has 66 valence electrons. The van der Waals surface area contributed by atoms with Crippen LogP contribution in [0.2, 0.25) is 0 Å². The third-order valence-electron chi connectivity index (χ3n) is 1.55. The van der Waals surface area contributed by atoms with E-state index < -0.39 is 0 Å². The van der Waals surface area contributed by atoms with Gasteiger partial charge in [0.25, 0.3) is 0 Å². The lowest BCUT2D eigenvalue weighted by molar-refractivity contribution is 1.34. The number of nitrogens with zero attached hydrogens (tertiary/aromatic N) is 2. The van der Waals surface area contributed by atoms with E-state index in [-0.39, 0.29) is 0 Å². The van der Waals surface area contributed by atoms with Gasteiger partial charge in [-0.15, -0.1) is 0 Å². The maximum absolute atomic E-state index is 5.44. The van der Waals surface area contributed by atoms with Crippen LogP contribution in [-0.2, 0) is 0 Å². The van der Waals surface area contributed by atoms with Gasteiger partial charge < -0.3 is 5.73 Å². The molecule has 0 aliphatic carbocycles. The summed E-state index contributed by atoms with van der Waals surface area (Å²) in [4.78, 5) is 4.10. The van der Waals surface area contributed by atoms with Crippen molar-refractivity contribution in [1.82, 2.24) is 9.36 Å². The number of nitrogen functional groups attached to an aromatic ring is 1. The Morgan fingerprint density at radius 3 is 2.69 bits per heavy atom. The molecule has 2 N–H and O–H groups in total. The molecule has 2 aromatic rings. The second-order valence-electron chi connectivity index (χ2n) is 2.44. The molecular formula is C8H6BrN3S. The molecule has 5 heteroatoms. The summed E-state index contributed by atoms with van der Waals surface area (Å²) in [5.74, 6) is 0.329. The van der Waals surface area contributed by atoms with Crippen LogP contribution in [0.25, 0.3) is 10.6 Å². The first-order chi connectivity index (χ1) is 6.27. The Morgan fingerprint density at radius 1 is 1.31 bits per heavy atom. The van der Waals surface area contributed by atoms with Crippen LogP contribution < -0.4 is 5.73 Å². The summed E-state index contributed by atoms with van der Waals surface area (Å²) < 4.78 is 4.93. The second kappa shape index (κ2) is 3.43. The smallest absolute Gasteiger partial charge is 0.232 e. The van der Waals surface area contributed by atoms with Gasteiger partial charge in [0.15, 0.2) is 0 Å². The summed E-state index contributed by atoms with van der Waals surface area (Å²) in [6.07, 6.45) is 0. The van der Waals surface area contributed by atoms with Gasteiger partial charge in [-0.25, -0.2) is 0 Å². The summed E-state index contributed by atoms with van der Waals surface area (Å²) in [7, 11) is 0. The van der Waals surface area contributed by atoms with Crippen LogP contribution in [0.1, 0.15) is 0 Å². The van der Waals surface area contributed by atoms with E-state index in [2.05, 4.69) is 25.3 Å². The van der Waals surface area contributed by atoms with Crippen molar-refractivity contribution in [1.29, 1.82) is 0 Å². The zero-order chi connectivity index (χ0) is 9.26. The lowest BCUT2D eigenvalue weighted by atomic mass is 10.2. The zero-order valence-electron chi connectivity index (χ0n) is 6.57. The summed E-state index contributed by atoms with van der Waals surface area (Å²) in [6, 6.07) is 7.85. The van der Waals surface area contributed by atoms with Gasteiger partial charge in [0.2, 0.25) is 5.95 Å². The molecule has 2 rings (SSSR count). The van der Waals surface area contributed by atoms with Crippen molar-refractivity contribution in [2.75, 3.05) is 5.73 Å². The molecule has 0 amide bonds. The molecule has 1 aromatic heterocycles. The molecule has 0 fully saturated rings. The van der Waals surface area contributed by atoms with Crippen LogP contribution in [0.4, 0.5) is 5.95 Å². The van der Waals surface area contributed by atoms with Crippen molar-refractivity contribution < 1.29 is 0 Å². The zero-order valence-corrected chi connectivity index (χ0v) is 8.97. The van der Waals surface area contributed by atoms with Crippen molar-refractivity contribution in [2.24, 2.45) is 0 Å². The normalized spacial score (nSPS) is 10.2. The molecule has 0 radical (unpaired) electrons. The number of benzene rings is 1. The predicted octanol–water partition coefficient (Wildman–Crippen LogP) is 2.55. The Morgan fingerprint density at radius 2 is 2.08 bits per heavy atom. The number of hydrogen-bond donors (Lipinski definition) is 1. The van der Waals surface area contributed by atoms with Gasteiger partial charge in [-0.05, 0) is 17.6 Å². The average Bonchev–Trinajstić information content (AvgIpc) is 2.53. The molecule has 0 spiro atoms. The molecule has 0 saturated heterocycles. The number of rotatable bonds is 1. The quantitative estimate of drug-likeness (QED) is 0.853. The Kier molecular flexibility index (Phi) is 2.28. The molecular weight excluding hydrogens is 250 g/mol. The number of nitrogens with two attached hydrogens (primary N) is 1. The van der Waals surface area contributed by atoms with Crippen LogP contribution in [0.5, 0.6) is 0 Å². The Hall–Kier alpha value is -0.940. The fourth-order valence-corrected chi connectivity index (χ4v) is 2.21. The Bertz CT molecular complexity index is 427. The van der Waals surface area contributed by atoms with E-state index in [1.807, 2.05) is 24.3 Å². The highest BCUT2D eigenvalue weighted by atomic mass is 79.9. The lowest BCUT2D eigenvalue weighted by Gasteiger charge is -1.96. The Labute approximate surface area is 87.9 Å². The van der Waals surface area contributed by atoms with Crippen molar-refractivity contribution in [2.45, 2.75) is 0 Å². The van der Waals surface area contributed by atoms with Gasteiger partial charge in [0, 0.05) is 10.0 Å². The van der Waals surface area contributed by atoms with Gasteiger partial charge in [0.1, 0.15) is 5.01 Å². The van der Waals surface area contributed by atoms with Crippen LogP contribution in [-0.4, -0.2) is 9.36 Å². The molecule has 13 heavy (non-hydrogen) atoms. The van der Waals surface area contributed by atoms with E-state index >= 15 is 0 Å².